The first kappa shape index (κ1) is 15.3. The molecule has 0 unspecified atom stereocenters. The minimum Gasteiger partial charge on any atom is -0.254 e. The van der Waals surface area contributed by atoms with Gasteiger partial charge in [0.25, 0.3) is 0 Å². The fourth-order valence-electron chi connectivity index (χ4n) is 4.34. The molecular formula is C26H16N2. The molecule has 1 aliphatic rings. The van der Waals surface area contributed by atoms with E-state index in [0.717, 1.165) is 21.5 Å². The maximum Gasteiger partial charge on any atom is 0.0971 e. The molecule has 0 N–H and O–H groups in total. The first-order chi connectivity index (χ1) is 13.9. The van der Waals surface area contributed by atoms with Crippen molar-refractivity contribution >= 4 is 11.0 Å². The van der Waals surface area contributed by atoms with Crippen LogP contribution in [0.2, 0.25) is 0 Å². The topological polar surface area (TPSA) is 25.8 Å². The standard InChI is InChI=1S/C26H16N2/c1-2-9-18-17(8-1)19-10-3-4-12-21(19)23-16-28-24-14-7-15-27-26(24)25(23)22-13-6-5-11-20(18)22/h1-16H. The molecular weight excluding hydrogens is 340 g/mol. The Bertz CT molecular complexity index is 1770. The first-order valence-corrected chi connectivity index (χ1v) is 9.44. The zero-order valence-electron chi connectivity index (χ0n) is 15.1. The van der Waals surface area contributed by atoms with E-state index in [1.54, 1.807) is 0 Å². The summed E-state index contributed by atoms with van der Waals surface area (Å²) in [5, 5.41) is 9.63. The van der Waals surface area contributed by atoms with E-state index in [0.29, 0.717) is 0 Å². The van der Waals surface area contributed by atoms with Gasteiger partial charge in [0.2, 0.25) is 0 Å². The Morgan fingerprint density at radius 1 is 0.429 bits per heavy atom. The Morgan fingerprint density at radius 3 is 1.54 bits per heavy atom. The molecule has 6 rings (SSSR count). The first-order valence-electron chi connectivity index (χ1n) is 9.44. The summed E-state index contributed by atoms with van der Waals surface area (Å²) >= 11 is 0. The van der Waals surface area contributed by atoms with Crippen LogP contribution in [-0.2, 0) is 0 Å². The van der Waals surface area contributed by atoms with E-state index in [4.69, 9.17) is 9.97 Å². The van der Waals surface area contributed by atoms with E-state index in [2.05, 4.69) is 72.8 Å². The number of nitrogens with zero attached hydrogens (tertiary/aromatic N) is 2. The number of aromatic nitrogens is 2. The normalized spacial score (nSPS) is 11.6. The van der Waals surface area contributed by atoms with Crippen LogP contribution in [0.4, 0.5) is 0 Å². The van der Waals surface area contributed by atoms with Gasteiger partial charge >= 0.3 is 0 Å². The second-order valence-corrected chi connectivity index (χ2v) is 7.05. The Kier molecular flexibility index (Phi) is 3.20. The quantitative estimate of drug-likeness (QED) is 0.379. The number of hydrogen-bond donors (Lipinski definition) is 0. The molecule has 0 fully saturated rings. The van der Waals surface area contributed by atoms with E-state index >= 15 is 0 Å². The van der Waals surface area contributed by atoms with Gasteiger partial charge in [0, 0.05) is 22.8 Å². The predicted octanol–water partition coefficient (Wildman–Crippen LogP) is 5.09. The summed E-state index contributed by atoms with van der Waals surface area (Å²) in [4.78, 5) is 9.46. The van der Waals surface area contributed by atoms with E-state index in [1.807, 2.05) is 24.5 Å². The van der Waals surface area contributed by atoms with Crippen LogP contribution in [0.1, 0.15) is 0 Å². The fraction of sp³-hybridized carbons (Fsp3) is 0. The van der Waals surface area contributed by atoms with Gasteiger partial charge in [-0.05, 0) is 43.4 Å². The number of pyridine rings is 2. The summed E-state index contributed by atoms with van der Waals surface area (Å²) in [6, 6.07) is 29.9. The van der Waals surface area contributed by atoms with Crippen molar-refractivity contribution in [3.8, 4) is 0 Å². The molecule has 0 radical (unpaired) electrons. The lowest BCUT2D eigenvalue weighted by Gasteiger charge is -2.04. The van der Waals surface area contributed by atoms with Crippen LogP contribution in [0.15, 0.2) is 97.3 Å². The Hall–Kier alpha value is -3.78. The van der Waals surface area contributed by atoms with Crippen molar-refractivity contribution < 1.29 is 0 Å². The molecule has 2 heterocycles. The number of hydrogen-bond acceptors (Lipinski definition) is 2. The maximum absolute atomic E-state index is 4.73. The zero-order chi connectivity index (χ0) is 18.5. The highest BCUT2D eigenvalue weighted by Crippen LogP contribution is 2.17. The minimum atomic E-state index is 0.919. The van der Waals surface area contributed by atoms with Gasteiger partial charge in [0.1, 0.15) is 0 Å². The molecule has 0 spiro atoms. The van der Waals surface area contributed by atoms with Crippen molar-refractivity contribution in [3.05, 3.63) is 139 Å². The molecule has 5 aromatic rings. The summed E-state index contributed by atoms with van der Waals surface area (Å²) < 4.78 is 0. The summed E-state index contributed by atoms with van der Waals surface area (Å²) in [6.07, 6.45) is 3.86. The summed E-state index contributed by atoms with van der Waals surface area (Å²) in [5.74, 6) is 0. The van der Waals surface area contributed by atoms with E-state index in [9.17, 15) is 0 Å². The van der Waals surface area contributed by atoms with Crippen molar-refractivity contribution in [2.24, 2.45) is 0 Å². The molecule has 3 aromatic carbocycles. The second kappa shape index (κ2) is 5.86. The van der Waals surface area contributed by atoms with Gasteiger partial charge in [0.05, 0.1) is 11.0 Å². The average Bonchev–Trinajstić information content (AvgIpc) is 2.77. The lowest BCUT2D eigenvalue weighted by molar-refractivity contribution is 1.23. The Balaban J connectivity index is 2.27. The third-order valence-corrected chi connectivity index (χ3v) is 5.55. The molecule has 2 heteroatoms. The minimum absolute atomic E-state index is 0.919. The van der Waals surface area contributed by atoms with Gasteiger partial charge in [0.15, 0.2) is 0 Å². The van der Waals surface area contributed by atoms with Crippen molar-refractivity contribution in [1.29, 1.82) is 0 Å². The highest BCUT2D eigenvalue weighted by Gasteiger charge is 2.04. The fourth-order valence-corrected chi connectivity index (χ4v) is 4.34. The molecule has 0 saturated heterocycles. The van der Waals surface area contributed by atoms with Crippen LogP contribution in [0.3, 0.4) is 0 Å². The molecule has 0 bridgehead atoms. The molecule has 28 heavy (non-hydrogen) atoms. The molecule has 2 aromatic heterocycles. The van der Waals surface area contributed by atoms with Gasteiger partial charge in [-0.3, -0.25) is 9.97 Å². The highest BCUT2D eigenvalue weighted by molar-refractivity contribution is 5.74. The maximum atomic E-state index is 4.73. The van der Waals surface area contributed by atoms with Gasteiger partial charge < -0.3 is 0 Å². The van der Waals surface area contributed by atoms with Crippen LogP contribution in [0.25, 0.3) is 11.0 Å². The summed E-state index contributed by atoms with van der Waals surface area (Å²) in [7, 11) is 0. The van der Waals surface area contributed by atoms with E-state index in [1.165, 1.54) is 31.3 Å². The van der Waals surface area contributed by atoms with E-state index < -0.39 is 0 Å². The third-order valence-electron chi connectivity index (χ3n) is 5.55. The number of benzene rings is 3. The number of fused-ring (bicyclic) bond motifs is 6. The molecule has 0 saturated carbocycles. The second-order valence-electron chi connectivity index (χ2n) is 7.05. The lowest BCUT2D eigenvalue weighted by atomic mass is 10.0. The van der Waals surface area contributed by atoms with Crippen molar-refractivity contribution in [2.75, 3.05) is 0 Å². The zero-order valence-corrected chi connectivity index (χ0v) is 15.1. The summed E-state index contributed by atoms with van der Waals surface area (Å²) in [6.45, 7) is 0. The summed E-state index contributed by atoms with van der Waals surface area (Å²) in [5.41, 5.74) is 1.86. The van der Waals surface area contributed by atoms with Crippen LogP contribution >= 0.6 is 0 Å². The van der Waals surface area contributed by atoms with Crippen LogP contribution in [0, 0.1) is 41.7 Å². The van der Waals surface area contributed by atoms with Gasteiger partial charge in [-0.15, -0.1) is 0 Å². The third kappa shape index (κ3) is 2.09. The number of rotatable bonds is 0. The van der Waals surface area contributed by atoms with E-state index in [-0.39, 0.29) is 0 Å². The molecule has 2 nitrogen and oxygen atoms in total. The molecule has 0 aliphatic heterocycles. The average molecular weight is 356 g/mol. The smallest absolute Gasteiger partial charge is 0.0971 e. The molecule has 130 valence electrons. The van der Waals surface area contributed by atoms with Crippen molar-refractivity contribution in [2.45, 2.75) is 0 Å². The SMILES string of the molecule is c1ccc2c(c1)=c1ccccc1=c1cnc3cccnc3c1=c1ccccc1=2. The highest BCUT2D eigenvalue weighted by atomic mass is 14.7. The van der Waals surface area contributed by atoms with Crippen LogP contribution in [0.5, 0.6) is 0 Å². The molecule has 0 amide bonds. The monoisotopic (exact) mass is 356 g/mol. The lowest BCUT2D eigenvalue weighted by Crippen LogP contribution is -1.93. The van der Waals surface area contributed by atoms with Gasteiger partial charge in [-0.2, -0.15) is 0 Å². The predicted molar refractivity (Wildman–Crippen MR) is 110 cm³/mol. The van der Waals surface area contributed by atoms with Gasteiger partial charge in [-0.1, -0.05) is 72.8 Å². The van der Waals surface area contributed by atoms with Crippen molar-refractivity contribution in [3.63, 3.8) is 0 Å². The Morgan fingerprint density at radius 2 is 0.929 bits per heavy atom. The van der Waals surface area contributed by atoms with Crippen molar-refractivity contribution in [1.82, 2.24) is 9.97 Å². The van der Waals surface area contributed by atoms with Crippen LogP contribution < -0.4 is 0 Å². The molecule has 1 aliphatic carbocycles. The largest absolute Gasteiger partial charge is 0.254 e. The molecule has 0 atom stereocenters. The van der Waals surface area contributed by atoms with Gasteiger partial charge in [-0.25, -0.2) is 0 Å². The Labute approximate surface area is 160 Å². The van der Waals surface area contributed by atoms with Crippen LogP contribution in [-0.4, -0.2) is 9.97 Å².